The maximum Gasteiger partial charge on any atom is 0.328 e. The van der Waals surface area contributed by atoms with Gasteiger partial charge >= 0.3 is 5.97 Å². The quantitative estimate of drug-likeness (QED) is 0.886. The molecule has 1 N–H and O–H groups in total. The van der Waals surface area contributed by atoms with Crippen molar-refractivity contribution in [3.05, 3.63) is 46.9 Å². The number of fused-ring (bicyclic) bond motifs is 2. The predicted molar refractivity (Wildman–Crippen MR) is 83.0 cm³/mol. The maximum atomic E-state index is 14.1. The van der Waals surface area contributed by atoms with Crippen LogP contribution in [0.3, 0.4) is 0 Å². The van der Waals surface area contributed by atoms with Gasteiger partial charge in [-0.25, -0.2) is 14.2 Å². The number of carboxylic acids is 1. The molecule has 2 aromatic rings. The zero-order chi connectivity index (χ0) is 15.7. The number of benzene rings is 1. The Bertz CT molecular complexity index is 771. The Morgan fingerprint density at radius 1 is 1.50 bits per heavy atom. The predicted octanol–water partition coefficient (Wildman–Crippen LogP) is 2.85. The van der Waals surface area contributed by atoms with Crippen molar-refractivity contribution in [3.63, 3.8) is 0 Å². The number of carboxylic acid groups (broad SMARTS) is 1. The fraction of sp³-hybridized carbons (Fsp3) is 0.294. The number of carbonyl (C=O) groups is 1. The Labute approximate surface area is 127 Å². The van der Waals surface area contributed by atoms with Gasteiger partial charge in [-0.05, 0) is 29.8 Å². The molecule has 5 heteroatoms. The van der Waals surface area contributed by atoms with Crippen LogP contribution < -0.4 is 0 Å². The van der Waals surface area contributed by atoms with Crippen molar-refractivity contribution in [1.29, 1.82) is 0 Å². The molecular weight excluding hydrogens is 283 g/mol. The van der Waals surface area contributed by atoms with Gasteiger partial charge < -0.3 is 5.11 Å². The molecule has 0 radical (unpaired) electrons. The number of likely N-dealkylation sites (N-methyl/N-ethyl adjacent to an activating group) is 1. The van der Waals surface area contributed by atoms with Crippen LogP contribution >= 0.6 is 0 Å². The van der Waals surface area contributed by atoms with Crippen molar-refractivity contribution in [3.8, 4) is 0 Å². The topological polar surface area (TPSA) is 53.4 Å². The maximum absolute atomic E-state index is 14.1. The molecule has 0 spiro atoms. The highest BCUT2D eigenvalue weighted by Crippen LogP contribution is 2.30. The van der Waals surface area contributed by atoms with E-state index in [2.05, 4.69) is 16.8 Å². The highest BCUT2D eigenvalue weighted by atomic mass is 19.1. The van der Waals surface area contributed by atoms with E-state index in [-0.39, 0.29) is 5.82 Å². The van der Waals surface area contributed by atoms with Crippen LogP contribution in [0.1, 0.15) is 23.7 Å². The van der Waals surface area contributed by atoms with Crippen LogP contribution in [0.25, 0.3) is 17.0 Å². The van der Waals surface area contributed by atoms with E-state index in [0.29, 0.717) is 17.4 Å². The van der Waals surface area contributed by atoms with Gasteiger partial charge in [-0.2, -0.15) is 0 Å². The summed E-state index contributed by atoms with van der Waals surface area (Å²) in [6, 6.07) is 4.80. The molecule has 3 rings (SSSR count). The third-order valence-electron chi connectivity index (χ3n) is 4.08. The molecule has 22 heavy (non-hydrogen) atoms. The Morgan fingerprint density at radius 3 is 3.05 bits per heavy atom. The Kier molecular flexibility index (Phi) is 3.90. The molecule has 0 bridgehead atoms. The van der Waals surface area contributed by atoms with Crippen LogP contribution in [0, 0.1) is 5.82 Å². The van der Waals surface area contributed by atoms with Gasteiger partial charge in [0.05, 0.1) is 0 Å². The normalized spacial score (nSPS) is 15.4. The summed E-state index contributed by atoms with van der Waals surface area (Å²) in [5.74, 6) is -1.39. The number of hydrogen-bond acceptors (Lipinski definition) is 3. The monoisotopic (exact) mass is 300 g/mol. The van der Waals surface area contributed by atoms with Crippen molar-refractivity contribution >= 4 is 22.9 Å². The number of halogens is 1. The first-order valence-corrected chi connectivity index (χ1v) is 7.33. The Hall–Kier alpha value is -2.27. The highest BCUT2D eigenvalue weighted by molar-refractivity contribution is 5.94. The van der Waals surface area contributed by atoms with E-state index in [4.69, 9.17) is 5.11 Å². The molecule has 1 aromatic heterocycles. The molecule has 0 amide bonds. The zero-order valence-corrected chi connectivity index (χ0v) is 12.3. The lowest BCUT2D eigenvalue weighted by Gasteiger charge is -2.28. The van der Waals surface area contributed by atoms with Crippen LogP contribution in [0.2, 0.25) is 0 Å². The van der Waals surface area contributed by atoms with Gasteiger partial charge in [-0.3, -0.25) is 4.90 Å². The number of pyridine rings is 1. The molecule has 1 aliphatic heterocycles. The minimum atomic E-state index is -1.02. The summed E-state index contributed by atoms with van der Waals surface area (Å²) in [5, 5.41) is 9.58. The molecule has 0 unspecified atom stereocenters. The second kappa shape index (κ2) is 5.85. The van der Waals surface area contributed by atoms with Crippen LogP contribution in [0.5, 0.6) is 0 Å². The summed E-state index contributed by atoms with van der Waals surface area (Å²) in [5.41, 5.74) is 2.95. The van der Waals surface area contributed by atoms with E-state index >= 15 is 0 Å². The lowest BCUT2D eigenvalue weighted by molar-refractivity contribution is -0.131. The minimum absolute atomic E-state index is 0.316. The highest BCUT2D eigenvalue weighted by Gasteiger charge is 2.21. The third-order valence-corrected chi connectivity index (χ3v) is 4.08. The van der Waals surface area contributed by atoms with Crippen molar-refractivity contribution < 1.29 is 14.3 Å². The van der Waals surface area contributed by atoms with Gasteiger partial charge in [0.1, 0.15) is 11.3 Å². The lowest BCUT2D eigenvalue weighted by Crippen LogP contribution is -2.31. The standard InChI is InChI=1S/C17H17FN2O2/c1-2-20-9-8-15-13(10-20)11(6-7-16(21)22)12-4-3-5-14(18)17(12)19-15/h3-7H,2,8-10H2,1H3,(H,21,22)/b7-6+. The van der Waals surface area contributed by atoms with E-state index < -0.39 is 5.97 Å². The largest absolute Gasteiger partial charge is 0.478 e. The molecule has 4 nitrogen and oxygen atoms in total. The van der Waals surface area contributed by atoms with Crippen LogP contribution in [-0.4, -0.2) is 34.0 Å². The summed E-state index contributed by atoms with van der Waals surface area (Å²) in [6.07, 6.45) is 3.41. The van der Waals surface area contributed by atoms with Crippen molar-refractivity contribution in [1.82, 2.24) is 9.88 Å². The molecule has 0 saturated carbocycles. The summed E-state index contributed by atoms with van der Waals surface area (Å²) in [7, 11) is 0. The van der Waals surface area contributed by atoms with E-state index in [0.717, 1.165) is 42.4 Å². The average Bonchev–Trinajstić information content (AvgIpc) is 2.51. The molecule has 0 fully saturated rings. The summed E-state index contributed by atoms with van der Waals surface area (Å²) >= 11 is 0. The van der Waals surface area contributed by atoms with Crippen LogP contribution in [0.4, 0.5) is 4.39 Å². The first kappa shape index (κ1) is 14.7. The number of hydrogen-bond donors (Lipinski definition) is 1. The van der Waals surface area contributed by atoms with Crippen molar-refractivity contribution in [2.24, 2.45) is 0 Å². The summed E-state index contributed by atoms with van der Waals surface area (Å²) in [4.78, 5) is 17.6. The minimum Gasteiger partial charge on any atom is -0.478 e. The zero-order valence-electron chi connectivity index (χ0n) is 12.3. The first-order valence-electron chi connectivity index (χ1n) is 7.33. The Morgan fingerprint density at radius 2 is 2.32 bits per heavy atom. The van der Waals surface area contributed by atoms with E-state index in [1.54, 1.807) is 18.2 Å². The molecule has 0 atom stereocenters. The molecular formula is C17H17FN2O2. The average molecular weight is 300 g/mol. The summed E-state index contributed by atoms with van der Waals surface area (Å²) < 4.78 is 14.1. The van der Waals surface area contributed by atoms with Crippen LogP contribution in [0.15, 0.2) is 24.3 Å². The van der Waals surface area contributed by atoms with Gasteiger partial charge in [-0.15, -0.1) is 0 Å². The fourth-order valence-electron chi connectivity index (χ4n) is 2.93. The molecule has 114 valence electrons. The second-order valence-corrected chi connectivity index (χ2v) is 5.38. The fourth-order valence-corrected chi connectivity index (χ4v) is 2.93. The molecule has 0 aliphatic carbocycles. The molecule has 0 saturated heterocycles. The number of rotatable bonds is 3. The number of aliphatic carboxylic acids is 1. The number of para-hydroxylation sites is 1. The number of aromatic nitrogens is 1. The number of nitrogens with zero attached hydrogens (tertiary/aromatic N) is 2. The van der Waals surface area contributed by atoms with E-state index in [1.807, 2.05) is 0 Å². The van der Waals surface area contributed by atoms with Gasteiger partial charge in [0, 0.05) is 36.7 Å². The van der Waals surface area contributed by atoms with Gasteiger partial charge in [0.15, 0.2) is 0 Å². The summed E-state index contributed by atoms with van der Waals surface area (Å²) in [6.45, 7) is 4.61. The SMILES string of the molecule is CCN1CCc2nc3c(F)cccc3c(/C=C/C(=O)O)c2C1. The molecule has 1 aromatic carbocycles. The van der Waals surface area contributed by atoms with Crippen molar-refractivity contribution in [2.75, 3.05) is 13.1 Å². The smallest absolute Gasteiger partial charge is 0.328 e. The third kappa shape index (κ3) is 2.60. The van der Waals surface area contributed by atoms with Gasteiger partial charge in [0.2, 0.25) is 0 Å². The van der Waals surface area contributed by atoms with Crippen LogP contribution in [-0.2, 0) is 17.8 Å². The van der Waals surface area contributed by atoms with E-state index in [9.17, 15) is 9.18 Å². The van der Waals surface area contributed by atoms with Crippen molar-refractivity contribution in [2.45, 2.75) is 19.9 Å². The Balaban J connectivity index is 2.26. The van der Waals surface area contributed by atoms with E-state index in [1.165, 1.54) is 6.07 Å². The van der Waals surface area contributed by atoms with Gasteiger partial charge in [0.25, 0.3) is 0 Å². The molecule has 2 heterocycles. The first-order chi connectivity index (χ1) is 10.6. The lowest BCUT2D eigenvalue weighted by atomic mass is 9.95. The second-order valence-electron chi connectivity index (χ2n) is 5.38. The van der Waals surface area contributed by atoms with Gasteiger partial charge in [-0.1, -0.05) is 19.1 Å². The molecule has 1 aliphatic rings.